The predicted molar refractivity (Wildman–Crippen MR) is 107 cm³/mol. The Labute approximate surface area is 164 Å². The predicted octanol–water partition coefficient (Wildman–Crippen LogP) is 3.30. The Morgan fingerprint density at radius 1 is 1.39 bits per heavy atom. The number of aromatic amines is 1. The van der Waals surface area contributed by atoms with Crippen molar-refractivity contribution in [3.05, 3.63) is 53.9 Å². The second kappa shape index (κ2) is 7.36. The molecule has 4 rings (SSSR count). The molecule has 2 aromatic rings. The fraction of sp³-hybridized carbons (Fsp3) is 0.409. The van der Waals surface area contributed by atoms with Crippen molar-refractivity contribution in [3.63, 3.8) is 0 Å². The number of phenolic OH excluding ortho intramolecular Hbond substituents is 1. The van der Waals surface area contributed by atoms with Gasteiger partial charge >= 0.3 is 5.97 Å². The summed E-state index contributed by atoms with van der Waals surface area (Å²) in [6.45, 7) is 5.80. The highest BCUT2D eigenvalue weighted by molar-refractivity contribution is 5.89. The van der Waals surface area contributed by atoms with Crippen molar-refractivity contribution in [2.45, 2.75) is 18.9 Å². The fourth-order valence-electron chi connectivity index (χ4n) is 4.84. The number of hydrogen-bond acceptors (Lipinski definition) is 5. The number of aromatic hydroxyl groups is 1. The molecule has 0 aliphatic carbocycles. The van der Waals surface area contributed by atoms with Gasteiger partial charge in [0, 0.05) is 41.7 Å². The van der Waals surface area contributed by atoms with E-state index in [2.05, 4.69) is 16.5 Å². The number of fused-ring (bicyclic) bond motifs is 5. The van der Waals surface area contributed by atoms with Crippen LogP contribution < -0.4 is 0 Å². The molecule has 0 unspecified atom stereocenters. The number of nitrogens with one attached hydrogen (secondary N) is 1. The highest BCUT2D eigenvalue weighted by Gasteiger charge is 2.42. The zero-order chi connectivity index (χ0) is 19.8. The molecule has 1 aromatic heterocycles. The van der Waals surface area contributed by atoms with Crippen molar-refractivity contribution in [1.82, 2.24) is 9.88 Å². The van der Waals surface area contributed by atoms with E-state index in [1.54, 1.807) is 19.2 Å². The average molecular weight is 382 g/mol. The first kappa shape index (κ1) is 18.6. The molecule has 3 atom stereocenters. The Kier molecular flexibility index (Phi) is 4.89. The summed E-state index contributed by atoms with van der Waals surface area (Å²) in [5.74, 6) is 0.0144. The van der Waals surface area contributed by atoms with Crippen LogP contribution in [0.2, 0.25) is 0 Å². The summed E-state index contributed by atoms with van der Waals surface area (Å²) >= 11 is 0. The molecule has 28 heavy (non-hydrogen) atoms. The first-order valence-corrected chi connectivity index (χ1v) is 9.58. The second-order valence-corrected chi connectivity index (χ2v) is 7.55. The van der Waals surface area contributed by atoms with E-state index in [4.69, 9.17) is 9.47 Å². The number of carbonyl (C=O) groups excluding carboxylic acids is 1. The molecule has 3 heterocycles. The maximum atomic E-state index is 12.4. The first-order chi connectivity index (χ1) is 13.6. The molecule has 0 saturated carbocycles. The molecule has 148 valence electrons. The molecule has 1 aromatic carbocycles. The number of carbonyl (C=O) groups is 1. The van der Waals surface area contributed by atoms with Crippen molar-refractivity contribution in [2.75, 3.05) is 27.3 Å². The third-order valence-corrected chi connectivity index (χ3v) is 6.15. The lowest BCUT2D eigenvalue weighted by Crippen LogP contribution is -2.46. The zero-order valence-corrected chi connectivity index (χ0v) is 16.3. The van der Waals surface area contributed by atoms with E-state index < -0.39 is 0 Å². The van der Waals surface area contributed by atoms with Gasteiger partial charge in [0.05, 0.1) is 32.1 Å². The van der Waals surface area contributed by atoms with Crippen LogP contribution in [0.15, 0.2) is 42.7 Å². The molecule has 0 radical (unpaired) electrons. The molecule has 1 saturated heterocycles. The van der Waals surface area contributed by atoms with Crippen LogP contribution in [0.3, 0.4) is 0 Å². The molecular formula is C22H26N2O4. The number of rotatable bonds is 4. The minimum absolute atomic E-state index is 0.0306. The molecule has 0 bridgehead atoms. The Hall–Kier alpha value is -2.73. The van der Waals surface area contributed by atoms with Gasteiger partial charge in [-0.1, -0.05) is 6.08 Å². The summed E-state index contributed by atoms with van der Waals surface area (Å²) in [7, 11) is 2.94. The number of phenols is 1. The molecule has 2 aliphatic rings. The second-order valence-electron chi connectivity index (χ2n) is 7.55. The lowest BCUT2D eigenvalue weighted by molar-refractivity contribution is -0.137. The van der Waals surface area contributed by atoms with Crippen molar-refractivity contribution in [2.24, 2.45) is 11.8 Å². The van der Waals surface area contributed by atoms with E-state index >= 15 is 0 Å². The summed E-state index contributed by atoms with van der Waals surface area (Å²) < 4.78 is 10.2. The standard InChI is InChI=1S/C22H26N2O4/c1-4-13-11-24-8-7-16-15-6-5-14(25)9-19(15)23-21(16)20(24)10-17(13)18(12-27-2)22(26)28-3/h4-6,9,12-13,17,20,23,25H,1,7-8,10-11H2,2-3H3/b18-12+/t13-,17-,20+/m0/s1. The van der Waals surface area contributed by atoms with Crippen LogP contribution in [-0.4, -0.2) is 48.3 Å². The van der Waals surface area contributed by atoms with Gasteiger partial charge in [-0.2, -0.15) is 0 Å². The number of esters is 1. The van der Waals surface area contributed by atoms with Gasteiger partial charge in [0.1, 0.15) is 5.75 Å². The van der Waals surface area contributed by atoms with E-state index in [0.717, 1.165) is 36.8 Å². The fourth-order valence-corrected chi connectivity index (χ4v) is 4.84. The highest BCUT2D eigenvalue weighted by atomic mass is 16.5. The molecule has 0 spiro atoms. The minimum atomic E-state index is -0.357. The van der Waals surface area contributed by atoms with Crippen molar-refractivity contribution >= 4 is 16.9 Å². The number of benzene rings is 1. The maximum Gasteiger partial charge on any atom is 0.337 e. The SMILES string of the molecule is C=C[C@H]1CN2CCc3c([nH]c4cc(O)ccc34)[C@H]2C[C@@H]1/C(=C\OC)C(=O)OC. The third-order valence-electron chi connectivity index (χ3n) is 6.15. The summed E-state index contributed by atoms with van der Waals surface area (Å²) in [4.78, 5) is 18.4. The van der Waals surface area contributed by atoms with E-state index in [1.165, 1.54) is 24.6 Å². The van der Waals surface area contributed by atoms with E-state index in [9.17, 15) is 9.90 Å². The number of H-pyrrole nitrogens is 1. The molecule has 6 nitrogen and oxygen atoms in total. The smallest absolute Gasteiger partial charge is 0.337 e. The molecule has 2 aliphatic heterocycles. The van der Waals surface area contributed by atoms with Gasteiger partial charge in [0.15, 0.2) is 0 Å². The number of piperidine rings is 1. The Morgan fingerprint density at radius 2 is 2.21 bits per heavy atom. The monoisotopic (exact) mass is 382 g/mol. The van der Waals surface area contributed by atoms with Gasteiger partial charge in [-0.15, -0.1) is 6.58 Å². The molecule has 6 heteroatoms. The van der Waals surface area contributed by atoms with Crippen LogP contribution in [0.25, 0.3) is 10.9 Å². The van der Waals surface area contributed by atoms with E-state index in [-0.39, 0.29) is 29.6 Å². The number of methoxy groups -OCH3 is 2. The molecule has 0 amide bonds. The van der Waals surface area contributed by atoms with Crippen LogP contribution in [0.1, 0.15) is 23.7 Å². The third kappa shape index (κ3) is 2.98. The van der Waals surface area contributed by atoms with Gasteiger partial charge < -0.3 is 19.6 Å². The Bertz CT molecular complexity index is 945. The number of hydrogen-bond donors (Lipinski definition) is 2. The lowest BCUT2D eigenvalue weighted by atomic mass is 9.75. The van der Waals surface area contributed by atoms with Crippen LogP contribution >= 0.6 is 0 Å². The van der Waals surface area contributed by atoms with Crippen molar-refractivity contribution < 1.29 is 19.4 Å². The summed E-state index contributed by atoms with van der Waals surface area (Å²) in [5.41, 5.74) is 3.99. The Morgan fingerprint density at radius 3 is 2.93 bits per heavy atom. The van der Waals surface area contributed by atoms with E-state index in [0.29, 0.717) is 5.57 Å². The zero-order valence-electron chi connectivity index (χ0n) is 16.3. The number of ether oxygens (including phenoxy) is 2. The van der Waals surface area contributed by atoms with Gasteiger partial charge in [0.2, 0.25) is 0 Å². The average Bonchev–Trinajstić information content (AvgIpc) is 3.08. The first-order valence-electron chi connectivity index (χ1n) is 9.58. The molecule has 2 N–H and O–H groups in total. The van der Waals surface area contributed by atoms with Crippen LogP contribution in [0.4, 0.5) is 0 Å². The van der Waals surface area contributed by atoms with E-state index in [1.807, 2.05) is 12.1 Å². The van der Waals surface area contributed by atoms with Crippen LogP contribution in [-0.2, 0) is 20.7 Å². The number of aromatic nitrogens is 1. The molecule has 1 fully saturated rings. The topological polar surface area (TPSA) is 74.8 Å². The Balaban J connectivity index is 1.75. The summed E-state index contributed by atoms with van der Waals surface area (Å²) in [6.07, 6.45) is 5.18. The van der Waals surface area contributed by atoms with Gasteiger partial charge in [-0.05, 0) is 36.5 Å². The van der Waals surface area contributed by atoms with Crippen molar-refractivity contribution in [1.29, 1.82) is 0 Å². The van der Waals surface area contributed by atoms with Crippen molar-refractivity contribution in [3.8, 4) is 5.75 Å². The molecular weight excluding hydrogens is 356 g/mol. The maximum absolute atomic E-state index is 12.4. The number of nitrogens with zero attached hydrogens (tertiary/aromatic N) is 1. The highest BCUT2D eigenvalue weighted by Crippen LogP contribution is 2.45. The lowest BCUT2D eigenvalue weighted by Gasteiger charge is -2.45. The largest absolute Gasteiger partial charge is 0.508 e. The van der Waals surface area contributed by atoms with Gasteiger partial charge in [0.25, 0.3) is 0 Å². The minimum Gasteiger partial charge on any atom is -0.508 e. The van der Waals surface area contributed by atoms with Gasteiger partial charge in [-0.3, -0.25) is 4.90 Å². The normalized spacial score (nSPS) is 25.1. The summed E-state index contributed by atoms with van der Waals surface area (Å²) in [5, 5.41) is 11.0. The van der Waals surface area contributed by atoms with Crippen LogP contribution in [0, 0.1) is 11.8 Å². The quantitative estimate of drug-likeness (QED) is 0.367. The summed E-state index contributed by atoms with van der Waals surface area (Å²) in [6, 6.07) is 5.66. The van der Waals surface area contributed by atoms with Crippen LogP contribution in [0.5, 0.6) is 5.75 Å². The van der Waals surface area contributed by atoms with Gasteiger partial charge in [-0.25, -0.2) is 4.79 Å².